The molecule has 8 nitrogen and oxygen atoms in total. The number of primary amides is 1. The zero-order valence-corrected chi connectivity index (χ0v) is 16.3. The van der Waals surface area contributed by atoms with Crippen LogP contribution in [-0.4, -0.2) is 38.1 Å². The molecule has 0 radical (unpaired) electrons. The maximum Gasteiger partial charge on any atom is 0.331 e. The standard InChI is InChI=1S/C21H22N2O6/c1-13(21(26)23-16-8-4-15(5-9-16)20(22)25)29-19(24)11-7-14-6-10-17(27-2)12-18(14)28-3/h4-13H,1-3H3,(H2,22,25)(H,23,26)/b11-7+/t13-/m1/s1. The molecule has 0 aromatic heterocycles. The third-order valence-electron chi connectivity index (χ3n) is 3.94. The summed E-state index contributed by atoms with van der Waals surface area (Å²) in [6.45, 7) is 1.45. The highest BCUT2D eigenvalue weighted by Gasteiger charge is 2.17. The first-order valence-corrected chi connectivity index (χ1v) is 8.65. The van der Waals surface area contributed by atoms with E-state index in [1.807, 2.05) is 0 Å². The number of amides is 2. The number of anilines is 1. The summed E-state index contributed by atoms with van der Waals surface area (Å²) in [7, 11) is 3.05. The molecule has 152 valence electrons. The van der Waals surface area contributed by atoms with E-state index in [1.165, 1.54) is 50.5 Å². The quantitative estimate of drug-likeness (QED) is 0.521. The lowest BCUT2D eigenvalue weighted by atomic mass is 10.1. The molecule has 2 aromatic rings. The Hall–Kier alpha value is -3.81. The third-order valence-corrected chi connectivity index (χ3v) is 3.94. The number of hydrogen-bond donors (Lipinski definition) is 2. The Bertz CT molecular complexity index is 921. The van der Waals surface area contributed by atoms with Gasteiger partial charge in [0.15, 0.2) is 6.10 Å². The van der Waals surface area contributed by atoms with Crippen molar-refractivity contribution >= 4 is 29.5 Å². The van der Waals surface area contributed by atoms with Gasteiger partial charge in [-0.25, -0.2) is 4.79 Å². The van der Waals surface area contributed by atoms with Crippen molar-refractivity contribution in [2.45, 2.75) is 13.0 Å². The van der Waals surface area contributed by atoms with Gasteiger partial charge in [-0.05, 0) is 49.4 Å². The maximum absolute atomic E-state index is 12.2. The number of methoxy groups -OCH3 is 2. The normalized spacial score (nSPS) is 11.6. The summed E-state index contributed by atoms with van der Waals surface area (Å²) in [5, 5.41) is 2.59. The summed E-state index contributed by atoms with van der Waals surface area (Å²) in [5.41, 5.74) is 6.58. The summed E-state index contributed by atoms with van der Waals surface area (Å²) >= 11 is 0. The van der Waals surface area contributed by atoms with Crippen LogP contribution in [0.1, 0.15) is 22.8 Å². The van der Waals surface area contributed by atoms with Crippen LogP contribution in [0.2, 0.25) is 0 Å². The molecule has 2 aromatic carbocycles. The second-order valence-corrected chi connectivity index (χ2v) is 5.95. The Labute approximate surface area is 168 Å². The average molecular weight is 398 g/mol. The summed E-state index contributed by atoms with van der Waals surface area (Å²) < 4.78 is 15.5. The van der Waals surface area contributed by atoms with Crippen molar-refractivity contribution in [1.29, 1.82) is 0 Å². The fourth-order valence-electron chi connectivity index (χ4n) is 2.34. The molecular formula is C21H22N2O6. The zero-order valence-electron chi connectivity index (χ0n) is 16.3. The molecule has 0 aliphatic rings. The second kappa shape index (κ2) is 9.93. The number of rotatable bonds is 8. The van der Waals surface area contributed by atoms with Gasteiger partial charge in [-0.1, -0.05) is 0 Å². The fourth-order valence-corrected chi connectivity index (χ4v) is 2.34. The molecule has 2 rings (SSSR count). The van der Waals surface area contributed by atoms with Crippen LogP contribution in [0, 0.1) is 0 Å². The largest absolute Gasteiger partial charge is 0.497 e. The summed E-state index contributed by atoms with van der Waals surface area (Å²) in [6, 6.07) is 11.2. The summed E-state index contributed by atoms with van der Waals surface area (Å²) in [6.07, 6.45) is 1.70. The van der Waals surface area contributed by atoms with E-state index in [0.717, 1.165) is 0 Å². The maximum atomic E-state index is 12.2. The highest BCUT2D eigenvalue weighted by molar-refractivity contribution is 5.97. The topological polar surface area (TPSA) is 117 Å². The van der Waals surface area contributed by atoms with Crippen LogP contribution in [0.4, 0.5) is 5.69 Å². The lowest BCUT2D eigenvalue weighted by molar-refractivity contribution is -0.148. The van der Waals surface area contributed by atoms with Gasteiger partial charge in [0.2, 0.25) is 5.91 Å². The molecule has 29 heavy (non-hydrogen) atoms. The SMILES string of the molecule is COc1ccc(/C=C/C(=O)O[C@H](C)C(=O)Nc2ccc(C(N)=O)cc2)c(OC)c1. The Kier molecular flexibility index (Phi) is 7.36. The minimum atomic E-state index is -1.03. The van der Waals surface area contributed by atoms with E-state index in [1.54, 1.807) is 25.3 Å². The Morgan fingerprint density at radius 1 is 1.03 bits per heavy atom. The van der Waals surface area contributed by atoms with Gasteiger partial charge in [0.25, 0.3) is 5.91 Å². The van der Waals surface area contributed by atoms with Crippen molar-refractivity contribution in [2.75, 3.05) is 19.5 Å². The molecular weight excluding hydrogens is 376 g/mol. The molecule has 0 bridgehead atoms. The number of carbonyl (C=O) groups excluding carboxylic acids is 3. The van der Waals surface area contributed by atoms with Gasteiger partial charge in [-0.3, -0.25) is 9.59 Å². The number of carbonyl (C=O) groups is 3. The van der Waals surface area contributed by atoms with Crippen molar-refractivity contribution in [3.05, 3.63) is 59.7 Å². The molecule has 0 saturated heterocycles. The lowest BCUT2D eigenvalue weighted by Crippen LogP contribution is -2.29. The molecule has 3 N–H and O–H groups in total. The average Bonchev–Trinajstić information content (AvgIpc) is 2.72. The molecule has 0 fully saturated rings. The van der Waals surface area contributed by atoms with Crippen molar-refractivity contribution in [3.8, 4) is 11.5 Å². The van der Waals surface area contributed by atoms with E-state index in [-0.39, 0.29) is 0 Å². The molecule has 0 unspecified atom stereocenters. The van der Waals surface area contributed by atoms with Crippen LogP contribution in [0.15, 0.2) is 48.5 Å². The van der Waals surface area contributed by atoms with Crippen LogP contribution in [0.3, 0.4) is 0 Å². The first-order valence-electron chi connectivity index (χ1n) is 8.65. The Balaban J connectivity index is 1.95. The fraction of sp³-hybridized carbons (Fsp3) is 0.190. The number of hydrogen-bond acceptors (Lipinski definition) is 6. The van der Waals surface area contributed by atoms with Crippen molar-refractivity contribution in [3.63, 3.8) is 0 Å². The molecule has 0 heterocycles. The Morgan fingerprint density at radius 2 is 1.72 bits per heavy atom. The van der Waals surface area contributed by atoms with Crippen molar-refractivity contribution < 1.29 is 28.6 Å². The lowest BCUT2D eigenvalue weighted by Gasteiger charge is -2.12. The second-order valence-electron chi connectivity index (χ2n) is 5.95. The number of esters is 1. The van der Waals surface area contributed by atoms with Gasteiger partial charge in [0.1, 0.15) is 11.5 Å². The first kappa shape index (κ1) is 21.5. The van der Waals surface area contributed by atoms with Crippen LogP contribution in [0.5, 0.6) is 11.5 Å². The van der Waals surface area contributed by atoms with E-state index < -0.39 is 23.9 Å². The van der Waals surface area contributed by atoms with Crippen molar-refractivity contribution in [1.82, 2.24) is 0 Å². The van der Waals surface area contributed by atoms with Gasteiger partial charge in [-0.15, -0.1) is 0 Å². The van der Waals surface area contributed by atoms with E-state index >= 15 is 0 Å². The van der Waals surface area contributed by atoms with E-state index in [2.05, 4.69) is 5.32 Å². The number of ether oxygens (including phenoxy) is 3. The van der Waals surface area contributed by atoms with Crippen molar-refractivity contribution in [2.24, 2.45) is 5.73 Å². The molecule has 0 saturated carbocycles. The highest BCUT2D eigenvalue weighted by Crippen LogP contribution is 2.25. The molecule has 0 spiro atoms. The van der Waals surface area contributed by atoms with Gasteiger partial charge < -0.3 is 25.3 Å². The molecule has 0 aliphatic carbocycles. The first-order chi connectivity index (χ1) is 13.8. The van der Waals surface area contributed by atoms with Crippen LogP contribution < -0.4 is 20.5 Å². The number of nitrogens with one attached hydrogen (secondary N) is 1. The minimum absolute atomic E-state index is 0.321. The minimum Gasteiger partial charge on any atom is -0.497 e. The molecule has 8 heteroatoms. The molecule has 1 atom stereocenters. The van der Waals surface area contributed by atoms with Gasteiger partial charge in [0, 0.05) is 29.0 Å². The van der Waals surface area contributed by atoms with Gasteiger partial charge in [0.05, 0.1) is 14.2 Å². The van der Waals surface area contributed by atoms with Gasteiger partial charge >= 0.3 is 5.97 Å². The monoisotopic (exact) mass is 398 g/mol. The third kappa shape index (κ3) is 6.10. The van der Waals surface area contributed by atoms with E-state index in [0.29, 0.717) is 28.3 Å². The summed E-state index contributed by atoms with van der Waals surface area (Å²) in [5.74, 6) is -0.616. The Morgan fingerprint density at radius 3 is 2.31 bits per heavy atom. The highest BCUT2D eigenvalue weighted by atomic mass is 16.5. The van der Waals surface area contributed by atoms with Crippen LogP contribution in [-0.2, 0) is 14.3 Å². The number of nitrogens with two attached hydrogens (primary N) is 1. The zero-order chi connectivity index (χ0) is 21.4. The van der Waals surface area contributed by atoms with Gasteiger partial charge in [-0.2, -0.15) is 0 Å². The number of benzene rings is 2. The predicted molar refractivity (Wildman–Crippen MR) is 108 cm³/mol. The van der Waals surface area contributed by atoms with Crippen LogP contribution >= 0.6 is 0 Å². The predicted octanol–water partition coefficient (Wildman–Crippen LogP) is 2.39. The summed E-state index contributed by atoms with van der Waals surface area (Å²) in [4.78, 5) is 35.3. The van der Waals surface area contributed by atoms with Crippen LogP contribution in [0.25, 0.3) is 6.08 Å². The smallest absolute Gasteiger partial charge is 0.331 e. The molecule has 0 aliphatic heterocycles. The molecule has 2 amide bonds. The van der Waals surface area contributed by atoms with E-state index in [9.17, 15) is 14.4 Å². The van der Waals surface area contributed by atoms with E-state index in [4.69, 9.17) is 19.9 Å².